The molecule has 0 saturated carbocycles. The maximum Gasteiger partial charge on any atom is 0.263 e. The SMILES string of the molecule is CCOc1ccc(NC(=O)CCN2C(=O)c3cccc(Cl)c3C2=O)cc1. The summed E-state index contributed by atoms with van der Waals surface area (Å²) < 4.78 is 5.34. The summed E-state index contributed by atoms with van der Waals surface area (Å²) in [7, 11) is 0. The summed E-state index contributed by atoms with van der Waals surface area (Å²) in [5.74, 6) is -0.476. The molecule has 2 aromatic carbocycles. The molecule has 0 aromatic heterocycles. The molecular formula is C19H17ClN2O4. The van der Waals surface area contributed by atoms with Crippen molar-refractivity contribution in [2.45, 2.75) is 13.3 Å². The highest BCUT2D eigenvalue weighted by atomic mass is 35.5. The second kappa shape index (κ2) is 7.58. The first-order chi connectivity index (χ1) is 12.5. The number of nitrogens with one attached hydrogen (secondary N) is 1. The van der Waals surface area contributed by atoms with Gasteiger partial charge in [-0.2, -0.15) is 0 Å². The molecule has 0 radical (unpaired) electrons. The average Bonchev–Trinajstić information content (AvgIpc) is 2.87. The van der Waals surface area contributed by atoms with Crippen LogP contribution in [0.1, 0.15) is 34.1 Å². The Morgan fingerprint density at radius 1 is 1.12 bits per heavy atom. The van der Waals surface area contributed by atoms with Gasteiger partial charge in [-0.05, 0) is 43.3 Å². The van der Waals surface area contributed by atoms with E-state index in [1.54, 1.807) is 42.5 Å². The molecule has 0 unspecified atom stereocenters. The number of benzene rings is 2. The molecule has 6 nitrogen and oxygen atoms in total. The fourth-order valence-electron chi connectivity index (χ4n) is 2.73. The van der Waals surface area contributed by atoms with Crippen molar-refractivity contribution in [1.29, 1.82) is 0 Å². The Morgan fingerprint density at radius 2 is 1.85 bits per heavy atom. The van der Waals surface area contributed by atoms with Crippen LogP contribution in [0.5, 0.6) is 5.75 Å². The number of ether oxygens (including phenoxy) is 1. The second-order valence-corrected chi connectivity index (χ2v) is 6.09. The van der Waals surface area contributed by atoms with Gasteiger partial charge in [-0.3, -0.25) is 19.3 Å². The highest BCUT2D eigenvalue weighted by Crippen LogP contribution is 2.29. The van der Waals surface area contributed by atoms with E-state index in [1.807, 2.05) is 6.92 Å². The Bertz CT molecular complexity index is 864. The minimum atomic E-state index is -0.468. The van der Waals surface area contributed by atoms with Crippen LogP contribution < -0.4 is 10.1 Å². The number of amides is 3. The van der Waals surface area contributed by atoms with Crippen molar-refractivity contribution in [3.63, 3.8) is 0 Å². The van der Waals surface area contributed by atoms with E-state index in [0.29, 0.717) is 18.0 Å². The van der Waals surface area contributed by atoms with Crippen LogP contribution in [-0.4, -0.2) is 35.8 Å². The summed E-state index contributed by atoms with van der Waals surface area (Å²) in [5.41, 5.74) is 1.09. The number of carbonyl (C=O) groups excluding carboxylic acids is 3. The molecule has 3 amide bonds. The monoisotopic (exact) mass is 372 g/mol. The quantitative estimate of drug-likeness (QED) is 0.789. The van der Waals surface area contributed by atoms with Gasteiger partial charge in [0.15, 0.2) is 0 Å². The molecule has 134 valence electrons. The molecule has 1 aliphatic heterocycles. The van der Waals surface area contributed by atoms with Crippen LogP contribution in [0.15, 0.2) is 42.5 Å². The van der Waals surface area contributed by atoms with E-state index < -0.39 is 11.8 Å². The number of hydrogen-bond donors (Lipinski definition) is 1. The second-order valence-electron chi connectivity index (χ2n) is 5.68. The third kappa shape index (κ3) is 3.55. The summed E-state index contributed by atoms with van der Waals surface area (Å²) in [4.78, 5) is 37.9. The third-order valence-electron chi connectivity index (χ3n) is 3.96. The molecule has 0 atom stereocenters. The van der Waals surface area contributed by atoms with E-state index >= 15 is 0 Å². The van der Waals surface area contributed by atoms with Crippen molar-refractivity contribution >= 4 is 35.0 Å². The van der Waals surface area contributed by atoms with Crippen molar-refractivity contribution in [2.75, 3.05) is 18.5 Å². The van der Waals surface area contributed by atoms with Gasteiger partial charge in [-0.25, -0.2) is 0 Å². The Kier molecular flexibility index (Phi) is 5.23. The minimum Gasteiger partial charge on any atom is -0.494 e. The van der Waals surface area contributed by atoms with Crippen LogP contribution in [0.4, 0.5) is 5.69 Å². The van der Waals surface area contributed by atoms with Crippen molar-refractivity contribution in [2.24, 2.45) is 0 Å². The molecule has 0 fully saturated rings. The van der Waals surface area contributed by atoms with E-state index in [9.17, 15) is 14.4 Å². The van der Waals surface area contributed by atoms with E-state index in [-0.39, 0.29) is 35.0 Å². The number of fused-ring (bicyclic) bond motifs is 1. The molecule has 26 heavy (non-hydrogen) atoms. The number of nitrogens with zero attached hydrogens (tertiary/aromatic N) is 1. The van der Waals surface area contributed by atoms with E-state index in [1.165, 1.54) is 0 Å². The van der Waals surface area contributed by atoms with Gasteiger partial charge < -0.3 is 10.1 Å². The van der Waals surface area contributed by atoms with Gasteiger partial charge in [0.1, 0.15) is 5.75 Å². The lowest BCUT2D eigenvalue weighted by molar-refractivity contribution is -0.116. The van der Waals surface area contributed by atoms with Crippen LogP contribution >= 0.6 is 11.6 Å². The molecule has 1 N–H and O–H groups in total. The van der Waals surface area contributed by atoms with Crippen LogP contribution in [0, 0.1) is 0 Å². The molecule has 2 aromatic rings. The molecule has 1 heterocycles. The standard InChI is InChI=1S/C19H17ClN2O4/c1-2-26-13-8-6-12(7-9-13)21-16(23)10-11-22-18(24)14-4-3-5-15(20)17(14)19(22)25/h3-9H,2,10-11H2,1H3,(H,21,23). The summed E-state index contributed by atoms with van der Waals surface area (Å²) in [6, 6.07) is 11.7. The van der Waals surface area contributed by atoms with Crippen LogP contribution in [-0.2, 0) is 4.79 Å². The zero-order valence-corrected chi connectivity index (χ0v) is 14.9. The molecule has 0 spiro atoms. The number of anilines is 1. The van der Waals surface area contributed by atoms with Gasteiger partial charge in [0.05, 0.1) is 22.8 Å². The maximum absolute atomic E-state index is 12.4. The Hall–Kier alpha value is -2.86. The molecule has 7 heteroatoms. The van der Waals surface area contributed by atoms with Crippen molar-refractivity contribution in [3.05, 3.63) is 58.6 Å². The fraction of sp³-hybridized carbons (Fsp3) is 0.211. The Balaban J connectivity index is 1.59. The predicted molar refractivity (Wildman–Crippen MR) is 97.7 cm³/mol. The summed E-state index contributed by atoms with van der Waals surface area (Å²) >= 11 is 6.01. The van der Waals surface area contributed by atoms with Gasteiger partial charge >= 0.3 is 0 Å². The molecule has 0 saturated heterocycles. The normalized spacial score (nSPS) is 12.9. The zero-order valence-electron chi connectivity index (χ0n) is 14.1. The topological polar surface area (TPSA) is 75.7 Å². The van der Waals surface area contributed by atoms with Crippen LogP contribution in [0.25, 0.3) is 0 Å². The summed E-state index contributed by atoms with van der Waals surface area (Å²) in [6.45, 7) is 2.45. The van der Waals surface area contributed by atoms with Gasteiger partial charge in [0.2, 0.25) is 5.91 Å². The lowest BCUT2D eigenvalue weighted by Gasteiger charge is -2.13. The van der Waals surface area contributed by atoms with Gasteiger partial charge in [-0.15, -0.1) is 0 Å². The van der Waals surface area contributed by atoms with Crippen molar-refractivity contribution in [1.82, 2.24) is 4.90 Å². The number of imide groups is 1. The van der Waals surface area contributed by atoms with E-state index in [0.717, 1.165) is 4.90 Å². The first-order valence-corrected chi connectivity index (χ1v) is 8.56. The Morgan fingerprint density at radius 3 is 2.50 bits per heavy atom. The molecule has 1 aliphatic rings. The predicted octanol–water partition coefficient (Wildman–Crippen LogP) is 3.36. The fourth-order valence-corrected chi connectivity index (χ4v) is 2.99. The smallest absolute Gasteiger partial charge is 0.263 e. The molecule has 3 rings (SSSR count). The lowest BCUT2D eigenvalue weighted by Crippen LogP contribution is -2.32. The van der Waals surface area contributed by atoms with Crippen LogP contribution in [0.3, 0.4) is 0 Å². The maximum atomic E-state index is 12.4. The lowest BCUT2D eigenvalue weighted by atomic mass is 10.1. The average molecular weight is 373 g/mol. The number of rotatable bonds is 6. The van der Waals surface area contributed by atoms with E-state index in [4.69, 9.17) is 16.3 Å². The summed E-state index contributed by atoms with van der Waals surface area (Å²) in [5, 5.41) is 2.97. The number of hydrogen-bond acceptors (Lipinski definition) is 4. The minimum absolute atomic E-state index is 0.00367. The first kappa shape index (κ1) is 17.9. The van der Waals surface area contributed by atoms with Crippen molar-refractivity contribution < 1.29 is 19.1 Å². The summed E-state index contributed by atoms with van der Waals surface area (Å²) in [6.07, 6.45) is -0.00367. The highest BCUT2D eigenvalue weighted by molar-refractivity contribution is 6.37. The first-order valence-electron chi connectivity index (χ1n) is 8.18. The molecular weight excluding hydrogens is 356 g/mol. The van der Waals surface area contributed by atoms with Gasteiger partial charge in [0.25, 0.3) is 11.8 Å². The Labute approximate surface area is 155 Å². The third-order valence-corrected chi connectivity index (χ3v) is 4.27. The highest BCUT2D eigenvalue weighted by Gasteiger charge is 2.36. The van der Waals surface area contributed by atoms with Crippen LogP contribution in [0.2, 0.25) is 5.02 Å². The molecule has 0 bridgehead atoms. The van der Waals surface area contributed by atoms with Gasteiger partial charge in [0, 0.05) is 18.7 Å². The largest absolute Gasteiger partial charge is 0.494 e. The van der Waals surface area contributed by atoms with Gasteiger partial charge in [-0.1, -0.05) is 17.7 Å². The van der Waals surface area contributed by atoms with Crippen molar-refractivity contribution in [3.8, 4) is 5.75 Å². The van der Waals surface area contributed by atoms with E-state index in [2.05, 4.69) is 5.32 Å². The number of carbonyl (C=O) groups is 3. The number of halogens is 1. The zero-order chi connectivity index (χ0) is 18.7. The molecule has 0 aliphatic carbocycles.